The molecular formula is C15H19N3O3S. The van der Waals surface area contributed by atoms with Crippen molar-refractivity contribution in [2.45, 2.75) is 18.2 Å². The first kappa shape index (κ1) is 16.4. The number of nitrogens with one attached hydrogen (secondary N) is 2. The summed E-state index contributed by atoms with van der Waals surface area (Å²) in [7, 11) is 0. The van der Waals surface area contributed by atoms with Crippen LogP contribution in [-0.2, 0) is 4.79 Å². The lowest BCUT2D eigenvalue weighted by Gasteiger charge is -2.13. The zero-order valence-corrected chi connectivity index (χ0v) is 13.5. The average Bonchev–Trinajstić information content (AvgIpc) is 2.83. The second kappa shape index (κ2) is 7.31. The number of amides is 4. The third-order valence-corrected chi connectivity index (χ3v) is 4.20. The van der Waals surface area contributed by atoms with Gasteiger partial charge in [-0.25, -0.2) is 4.79 Å². The highest BCUT2D eigenvalue weighted by atomic mass is 32.2. The molecule has 2 N–H and O–H groups in total. The Kier molecular flexibility index (Phi) is 5.43. The number of carbonyl (C=O) groups is 3. The molecule has 1 aromatic rings. The van der Waals surface area contributed by atoms with Gasteiger partial charge in [0, 0.05) is 23.5 Å². The number of benzene rings is 1. The maximum Gasteiger partial charge on any atom is 0.324 e. The number of thioether (sulfide) groups is 1. The monoisotopic (exact) mass is 321 g/mol. The summed E-state index contributed by atoms with van der Waals surface area (Å²) in [4.78, 5) is 37.1. The molecule has 1 aromatic carbocycles. The van der Waals surface area contributed by atoms with Gasteiger partial charge in [0.25, 0.3) is 5.91 Å². The Labute approximate surface area is 133 Å². The summed E-state index contributed by atoms with van der Waals surface area (Å²) < 4.78 is 0. The minimum Gasteiger partial charge on any atom is -0.352 e. The molecule has 1 fully saturated rings. The molecule has 6 nitrogen and oxygen atoms in total. The zero-order chi connectivity index (χ0) is 16.1. The average molecular weight is 321 g/mol. The first-order valence-electron chi connectivity index (χ1n) is 7.04. The van der Waals surface area contributed by atoms with Crippen LogP contribution >= 0.6 is 11.8 Å². The standard InChI is InChI=1S/C15H19N3O3S/c1-10-4-5-11(22-2)8-12(10)14(20)16-6-3-7-18-13(19)9-17-15(18)21/h4-5,8H,3,6-7,9H2,1-2H3,(H,16,20)(H,17,21). The molecule has 1 aliphatic heterocycles. The summed E-state index contributed by atoms with van der Waals surface area (Å²) in [5.74, 6) is -0.356. The lowest BCUT2D eigenvalue weighted by Crippen LogP contribution is -2.34. The van der Waals surface area contributed by atoms with Crippen LogP contribution in [0, 0.1) is 6.92 Å². The molecule has 1 aliphatic rings. The number of hydrogen-bond donors (Lipinski definition) is 2. The smallest absolute Gasteiger partial charge is 0.324 e. The van der Waals surface area contributed by atoms with Gasteiger partial charge in [-0.1, -0.05) is 6.07 Å². The largest absolute Gasteiger partial charge is 0.352 e. The third-order valence-electron chi connectivity index (χ3n) is 3.47. The van der Waals surface area contributed by atoms with E-state index in [-0.39, 0.29) is 24.4 Å². The second-order valence-electron chi connectivity index (χ2n) is 4.99. The van der Waals surface area contributed by atoms with Gasteiger partial charge in [0.1, 0.15) is 0 Å². The Morgan fingerprint density at radius 2 is 2.18 bits per heavy atom. The van der Waals surface area contributed by atoms with E-state index in [9.17, 15) is 14.4 Å². The van der Waals surface area contributed by atoms with Crippen LogP contribution in [-0.4, -0.2) is 48.6 Å². The summed E-state index contributed by atoms with van der Waals surface area (Å²) in [6.07, 6.45) is 2.50. The summed E-state index contributed by atoms with van der Waals surface area (Å²) in [6, 6.07) is 5.41. The predicted octanol–water partition coefficient (Wildman–Crippen LogP) is 1.39. The fraction of sp³-hybridized carbons (Fsp3) is 0.400. The fourth-order valence-electron chi connectivity index (χ4n) is 2.19. The van der Waals surface area contributed by atoms with Crippen molar-refractivity contribution in [3.63, 3.8) is 0 Å². The molecule has 0 spiro atoms. The normalized spacial score (nSPS) is 14.2. The van der Waals surface area contributed by atoms with E-state index in [0.29, 0.717) is 25.1 Å². The topological polar surface area (TPSA) is 78.5 Å². The maximum atomic E-state index is 12.2. The Morgan fingerprint density at radius 1 is 1.41 bits per heavy atom. The van der Waals surface area contributed by atoms with E-state index < -0.39 is 0 Å². The third kappa shape index (κ3) is 3.79. The van der Waals surface area contributed by atoms with Crippen molar-refractivity contribution in [1.29, 1.82) is 0 Å². The number of aryl methyl sites for hydroxylation is 1. The minimum atomic E-state index is -0.361. The van der Waals surface area contributed by atoms with Crippen molar-refractivity contribution in [2.24, 2.45) is 0 Å². The van der Waals surface area contributed by atoms with Crippen LogP contribution in [0.1, 0.15) is 22.3 Å². The zero-order valence-electron chi connectivity index (χ0n) is 12.6. The highest BCUT2D eigenvalue weighted by Gasteiger charge is 2.27. The van der Waals surface area contributed by atoms with E-state index in [2.05, 4.69) is 10.6 Å². The summed E-state index contributed by atoms with van der Waals surface area (Å²) in [5.41, 5.74) is 1.58. The predicted molar refractivity (Wildman–Crippen MR) is 85.0 cm³/mol. The van der Waals surface area contributed by atoms with Gasteiger partial charge in [-0.05, 0) is 37.3 Å². The number of rotatable bonds is 6. The van der Waals surface area contributed by atoms with Crippen LogP contribution in [0.15, 0.2) is 23.1 Å². The Bertz CT molecular complexity index is 588. The van der Waals surface area contributed by atoms with Gasteiger partial charge in [0.15, 0.2) is 0 Å². The lowest BCUT2D eigenvalue weighted by atomic mass is 10.1. The van der Waals surface area contributed by atoms with Gasteiger partial charge < -0.3 is 10.6 Å². The van der Waals surface area contributed by atoms with Crippen molar-refractivity contribution in [2.75, 3.05) is 25.9 Å². The molecule has 0 bridgehead atoms. The number of carbonyl (C=O) groups excluding carboxylic acids is 3. The first-order valence-corrected chi connectivity index (χ1v) is 8.26. The molecule has 7 heteroatoms. The first-order chi connectivity index (χ1) is 10.5. The molecule has 0 saturated carbocycles. The Hall–Kier alpha value is -2.02. The molecule has 118 valence electrons. The van der Waals surface area contributed by atoms with E-state index in [4.69, 9.17) is 0 Å². The maximum absolute atomic E-state index is 12.2. The van der Waals surface area contributed by atoms with Crippen molar-refractivity contribution in [1.82, 2.24) is 15.5 Å². The van der Waals surface area contributed by atoms with Crippen molar-refractivity contribution >= 4 is 29.6 Å². The van der Waals surface area contributed by atoms with Crippen LogP contribution in [0.2, 0.25) is 0 Å². The molecule has 0 aliphatic carbocycles. The van der Waals surface area contributed by atoms with Crippen molar-refractivity contribution < 1.29 is 14.4 Å². The van der Waals surface area contributed by atoms with Gasteiger partial charge in [-0.15, -0.1) is 11.8 Å². The number of hydrogen-bond acceptors (Lipinski definition) is 4. The van der Waals surface area contributed by atoms with Crippen LogP contribution < -0.4 is 10.6 Å². The van der Waals surface area contributed by atoms with Crippen LogP contribution in [0.5, 0.6) is 0 Å². The molecule has 0 aromatic heterocycles. The molecule has 2 rings (SSSR count). The van der Waals surface area contributed by atoms with Gasteiger partial charge in [-0.3, -0.25) is 14.5 Å². The van der Waals surface area contributed by atoms with Crippen molar-refractivity contribution in [3.8, 4) is 0 Å². The molecule has 0 unspecified atom stereocenters. The van der Waals surface area contributed by atoms with E-state index in [1.165, 1.54) is 4.90 Å². The quantitative estimate of drug-likeness (QED) is 0.471. The fourth-order valence-corrected chi connectivity index (χ4v) is 2.63. The van der Waals surface area contributed by atoms with Crippen LogP contribution in [0.25, 0.3) is 0 Å². The van der Waals surface area contributed by atoms with Crippen molar-refractivity contribution in [3.05, 3.63) is 29.3 Å². The van der Waals surface area contributed by atoms with E-state index in [0.717, 1.165) is 10.5 Å². The molecule has 0 radical (unpaired) electrons. The lowest BCUT2D eigenvalue weighted by molar-refractivity contribution is -0.125. The van der Waals surface area contributed by atoms with E-state index in [1.807, 2.05) is 31.4 Å². The number of urea groups is 1. The molecule has 22 heavy (non-hydrogen) atoms. The van der Waals surface area contributed by atoms with E-state index in [1.54, 1.807) is 11.8 Å². The highest BCUT2D eigenvalue weighted by molar-refractivity contribution is 7.98. The SMILES string of the molecule is CSc1ccc(C)c(C(=O)NCCCN2C(=O)CNC2=O)c1. The number of nitrogens with zero attached hydrogens (tertiary/aromatic N) is 1. The van der Waals surface area contributed by atoms with Crippen LogP contribution in [0.3, 0.4) is 0 Å². The van der Waals surface area contributed by atoms with E-state index >= 15 is 0 Å². The molecule has 0 atom stereocenters. The Morgan fingerprint density at radius 3 is 2.82 bits per heavy atom. The van der Waals surface area contributed by atoms with Gasteiger partial charge in [-0.2, -0.15) is 0 Å². The van der Waals surface area contributed by atoms with Gasteiger partial charge in [0.2, 0.25) is 5.91 Å². The molecule has 1 saturated heterocycles. The Balaban J connectivity index is 1.83. The van der Waals surface area contributed by atoms with Crippen LogP contribution in [0.4, 0.5) is 4.79 Å². The summed E-state index contributed by atoms with van der Waals surface area (Å²) in [5, 5.41) is 5.29. The second-order valence-corrected chi connectivity index (χ2v) is 5.87. The van der Waals surface area contributed by atoms with Gasteiger partial charge >= 0.3 is 6.03 Å². The molecular weight excluding hydrogens is 302 g/mol. The van der Waals surface area contributed by atoms with Gasteiger partial charge in [0.05, 0.1) is 6.54 Å². The summed E-state index contributed by atoms with van der Waals surface area (Å²) >= 11 is 1.59. The molecule has 4 amide bonds. The highest BCUT2D eigenvalue weighted by Crippen LogP contribution is 2.19. The minimum absolute atomic E-state index is 0.0614. The summed E-state index contributed by atoms with van der Waals surface area (Å²) in [6.45, 7) is 2.69. The molecule has 1 heterocycles. The number of imide groups is 1.